The van der Waals surface area contributed by atoms with Gasteiger partial charge in [-0.05, 0) is 30.2 Å². The Morgan fingerprint density at radius 3 is 2.48 bits per heavy atom. The Morgan fingerprint density at radius 2 is 1.86 bits per heavy atom. The number of morpholine rings is 1. The standard InChI is InChI=1S/C21H26N2O5S/c1-3-19(16-7-5-4-6-8-16)22-21(24)18-15-17(9-10-20(18)27-2)29(25,26)23-11-13-28-14-12-23/h4-10,15,19H,3,11-14H2,1-2H3,(H,22,24). The van der Waals surface area contributed by atoms with Gasteiger partial charge in [0.25, 0.3) is 5.91 Å². The highest BCUT2D eigenvalue weighted by atomic mass is 32.2. The van der Waals surface area contributed by atoms with Crippen LogP contribution in [-0.2, 0) is 14.8 Å². The molecule has 8 heteroatoms. The minimum Gasteiger partial charge on any atom is -0.496 e. The van der Waals surface area contributed by atoms with Crippen molar-refractivity contribution >= 4 is 15.9 Å². The number of amides is 1. The number of sulfonamides is 1. The van der Waals surface area contributed by atoms with Crippen LogP contribution in [0.4, 0.5) is 0 Å². The fraction of sp³-hybridized carbons (Fsp3) is 0.381. The molecule has 1 atom stereocenters. The van der Waals surface area contributed by atoms with Gasteiger partial charge in [-0.3, -0.25) is 4.79 Å². The number of nitrogens with one attached hydrogen (secondary N) is 1. The van der Waals surface area contributed by atoms with Crippen LogP contribution in [0.15, 0.2) is 53.4 Å². The van der Waals surface area contributed by atoms with E-state index in [-0.39, 0.29) is 22.4 Å². The summed E-state index contributed by atoms with van der Waals surface area (Å²) in [5.41, 5.74) is 1.18. The van der Waals surface area contributed by atoms with E-state index < -0.39 is 10.0 Å². The van der Waals surface area contributed by atoms with E-state index >= 15 is 0 Å². The van der Waals surface area contributed by atoms with Crippen LogP contribution in [-0.4, -0.2) is 52.0 Å². The summed E-state index contributed by atoms with van der Waals surface area (Å²) < 4.78 is 37.8. The van der Waals surface area contributed by atoms with Gasteiger partial charge in [-0.25, -0.2) is 8.42 Å². The van der Waals surface area contributed by atoms with E-state index in [1.807, 2.05) is 37.3 Å². The molecule has 1 amide bonds. The lowest BCUT2D eigenvalue weighted by molar-refractivity contribution is 0.0730. The van der Waals surface area contributed by atoms with Crippen molar-refractivity contribution in [3.63, 3.8) is 0 Å². The fourth-order valence-electron chi connectivity index (χ4n) is 3.30. The second-order valence-electron chi connectivity index (χ2n) is 6.72. The van der Waals surface area contributed by atoms with Gasteiger partial charge in [0.2, 0.25) is 10.0 Å². The molecule has 1 saturated heterocycles. The maximum atomic E-state index is 13.0. The number of carbonyl (C=O) groups excluding carboxylic acids is 1. The molecule has 1 N–H and O–H groups in total. The van der Waals surface area contributed by atoms with E-state index in [9.17, 15) is 13.2 Å². The van der Waals surface area contributed by atoms with Gasteiger partial charge < -0.3 is 14.8 Å². The molecule has 1 fully saturated rings. The van der Waals surface area contributed by atoms with Crippen molar-refractivity contribution in [3.05, 3.63) is 59.7 Å². The first-order valence-corrected chi connectivity index (χ1v) is 11.0. The van der Waals surface area contributed by atoms with E-state index in [0.717, 1.165) is 5.56 Å². The molecule has 0 radical (unpaired) electrons. The Hall–Kier alpha value is -2.42. The lowest BCUT2D eigenvalue weighted by Crippen LogP contribution is -2.40. The Bertz CT molecular complexity index is 941. The van der Waals surface area contributed by atoms with Gasteiger partial charge >= 0.3 is 0 Å². The number of ether oxygens (including phenoxy) is 2. The summed E-state index contributed by atoms with van der Waals surface area (Å²) >= 11 is 0. The lowest BCUT2D eigenvalue weighted by atomic mass is 10.0. The fourth-order valence-corrected chi connectivity index (χ4v) is 4.74. The summed E-state index contributed by atoms with van der Waals surface area (Å²) in [4.78, 5) is 13.1. The van der Waals surface area contributed by atoms with Crippen molar-refractivity contribution in [1.82, 2.24) is 9.62 Å². The number of carbonyl (C=O) groups is 1. The van der Waals surface area contributed by atoms with E-state index in [2.05, 4.69) is 5.32 Å². The molecular weight excluding hydrogens is 392 g/mol. The van der Waals surface area contributed by atoms with Crippen LogP contribution in [0.2, 0.25) is 0 Å². The van der Waals surface area contributed by atoms with E-state index in [0.29, 0.717) is 38.5 Å². The molecule has 1 aliphatic heterocycles. The largest absolute Gasteiger partial charge is 0.496 e. The Labute approximate surface area is 171 Å². The summed E-state index contributed by atoms with van der Waals surface area (Å²) in [7, 11) is -2.26. The molecule has 1 unspecified atom stereocenters. The SMILES string of the molecule is CCC(NC(=O)c1cc(S(=O)(=O)N2CCOCC2)ccc1OC)c1ccccc1. The van der Waals surface area contributed by atoms with Gasteiger partial charge in [-0.1, -0.05) is 37.3 Å². The monoisotopic (exact) mass is 418 g/mol. The van der Waals surface area contributed by atoms with Crippen LogP contribution in [0.5, 0.6) is 5.75 Å². The number of methoxy groups -OCH3 is 1. The topological polar surface area (TPSA) is 84.9 Å². The maximum Gasteiger partial charge on any atom is 0.255 e. The normalized spacial score (nSPS) is 16.2. The zero-order valence-electron chi connectivity index (χ0n) is 16.6. The predicted octanol–water partition coefficient (Wildman–Crippen LogP) is 2.60. The minimum atomic E-state index is -3.71. The summed E-state index contributed by atoms with van der Waals surface area (Å²) in [6.07, 6.45) is 0.698. The molecule has 0 aromatic heterocycles. The van der Waals surface area contributed by atoms with Gasteiger partial charge in [0, 0.05) is 13.1 Å². The van der Waals surface area contributed by atoms with Gasteiger partial charge in [-0.15, -0.1) is 0 Å². The molecule has 2 aromatic rings. The molecule has 29 heavy (non-hydrogen) atoms. The van der Waals surface area contributed by atoms with E-state index in [1.165, 1.54) is 29.6 Å². The molecule has 156 valence electrons. The van der Waals surface area contributed by atoms with Gasteiger partial charge in [0.1, 0.15) is 5.75 Å². The Morgan fingerprint density at radius 1 is 1.17 bits per heavy atom. The average molecular weight is 419 g/mol. The van der Waals surface area contributed by atoms with Crippen LogP contribution in [0.3, 0.4) is 0 Å². The summed E-state index contributed by atoms with van der Waals surface area (Å²) in [6.45, 7) is 3.29. The minimum absolute atomic E-state index is 0.0677. The molecule has 0 saturated carbocycles. The zero-order valence-corrected chi connectivity index (χ0v) is 17.4. The number of benzene rings is 2. The van der Waals surface area contributed by atoms with Crippen molar-refractivity contribution in [1.29, 1.82) is 0 Å². The first-order chi connectivity index (χ1) is 14.0. The van der Waals surface area contributed by atoms with Crippen molar-refractivity contribution in [3.8, 4) is 5.75 Å². The summed E-state index contributed by atoms with van der Waals surface area (Å²) in [5.74, 6) is -0.0528. The number of hydrogen-bond acceptors (Lipinski definition) is 5. The number of hydrogen-bond donors (Lipinski definition) is 1. The third kappa shape index (κ3) is 4.77. The Balaban J connectivity index is 1.89. The molecule has 1 heterocycles. The van der Waals surface area contributed by atoms with E-state index in [4.69, 9.17) is 9.47 Å². The highest BCUT2D eigenvalue weighted by molar-refractivity contribution is 7.89. The van der Waals surface area contributed by atoms with Crippen LogP contribution in [0, 0.1) is 0 Å². The molecule has 0 spiro atoms. The van der Waals surface area contributed by atoms with Crippen molar-refractivity contribution in [2.75, 3.05) is 33.4 Å². The highest BCUT2D eigenvalue weighted by Gasteiger charge is 2.28. The number of rotatable bonds is 7. The van der Waals surface area contributed by atoms with Crippen LogP contribution < -0.4 is 10.1 Å². The first kappa shape index (κ1) is 21.3. The molecule has 2 aromatic carbocycles. The van der Waals surface area contributed by atoms with Gasteiger partial charge in [0.05, 0.1) is 36.8 Å². The molecule has 0 aliphatic carbocycles. The Kier molecular flexibility index (Phi) is 6.89. The van der Waals surface area contributed by atoms with E-state index in [1.54, 1.807) is 0 Å². The first-order valence-electron chi connectivity index (χ1n) is 9.59. The average Bonchev–Trinajstić information content (AvgIpc) is 2.78. The molecule has 3 rings (SSSR count). The van der Waals surface area contributed by atoms with Crippen molar-refractivity contribution in [2.24, 2.45) is 0 Å². The van der Waals surface area contributed by atoms with Gasteiger partial charge in [0.15, 0.2) is 0 Å². The third-order valence-electron chi connectivity index (χ3n) is 4.94. The zero-order chi connectivity index (χ0) is 20.9. The second kappa shape index (κ2) is 9.39. The smallest absolute Gasteiger partial charge is 0.255 e. The molecule has 0 bridgehead atoms. The van der Waals surface area contributed by atoms with Crippen LogP contribution in [0.1, 0.15) is 35.3 Å². The predicted molar refractivity (Wildman–Crippen MR) is 110 cm³/mol. The van der Waals surface area contributed by atoms with Crippen LogP contribution in [0.25, 0.3) is 0 Å². The quantitative estimate of drug-likeness (QED) is 0.747. The second-order valence-corrected chi connectivity index (χ2v) is 8.66. The van der Waals surface area contributed by atoms with Crippen LogP contribution >= 0.6 is 0 Å². The molecule has 7 nitrogen and oxygen atoms in total. The summed E-state index contributed by atoms with van der Waals surface area (Å²) in [6, 6.07) is 13.8. The highest BCUT2D eigenvalue weighted by Crippen LogP contribution is 2.26. The van der Waals surface area contributed by atoms with Gasteiger partial charge in [-0.2, -0.15) is 4.31 Å². The van der Waals surface area contributed by atoms with Crippen molar-refractivity contribution < 1.29 is 22.7 Å². The third-order valence-corrected chi connectivity index (χ3v) is 6.83. The maximum absolute atomic E-state index is 13.0. The molecule has 1 aliphatic rings. The summed E-state index contributed by atoms with van der Waals surface area (Å²) in [5, 5.41) is 2.98. The number of nitrogens with zero attached hydrogens (tertiary/aromatic N) is 1. The lowest BCUT2D eigenvalue weighted by Gasteiger charge is -2.26. The van der Waals surface area contributed by atoms with Crippen molar-refractivity contribution in [2.45, 2.75) is 24.3 Å². The molecular formula is C21H26N2O5S.